The van der Waals surface area contributed by atoms with Crippen LogP contribution in [0.2, 0.25) is 0 Å². The van der Waals surface area contributed by atoms with Gasteiger partial charge in [0.25, 0.3) is 0 Å². The van der Waals surface area contributed by atoms with Crippen LogP contribution >= 0.6 is 11.8 Å². The molecule has 0 fully saturated rings. The monoisotopic (exact) mass is 576 g/mol. The molecular formula is C27H40N6O6S. The van der Waals surface area contributed by atoms with Crippen LogP contribution in [0.25, 0.3) is 10.9 Å². The van der Waals surface area contributed by atoms with E-state index in [1.54, 1.807) is 13.1 Å². The number of fused-ring (bicyclic) bond motifs is 1. The maximum Gasteiger partial charge on any atom is 0.326 e. The molecule has 0 aliphatic carbocycles. The molecule has 1 aromatic carbocycles. The van der Waals surface area contributed by atoms with E-state index in [1.807, 2.05) is 37.4 Å². The first-order valence-corrected chi connectivity index (χ1v) is 14.6. The molecule has 0 saturated heterocycles. The fraction of sp³-hybridized carbons (Fsp3) is 0.519. The van der Waals surface area contributed by atoms with Gasteiger partial charge in [0.15, 0.2) is 0 Å². The Morgan fingerprint density at radius 2 is 1.68 bits per heavy atom. The van der Waals surface area contributed by atoms with E-state index in [1.165, 1.54) is 11.8 Å². The Morgan fingerprint density at radius 3 is 2.30 bits per heavy atom. The Bertz CT molecular complexity index is 1190. The fourth-order valence-corrected chi connectivity index (χ4v) is 4.65. The largest absolute Gasteiger partial charge is 0.480 e. The van der Waals surface area contributed by atoms with Gasteiger partial charge in [-0.05, 0) is 48.8 Å². The van der Waals surface area contributed by atoms with Gasteiger partial charge in [-0.15, -0.1) is 0 Å². The van der Waals surface area contributed by atoms with Crippen LogP contribution < -0.4 is 27.4 Å². The van der Waals surface area contributed by atoms with Gasteiger partial charge >= 0.3 is 5.97 Å². The first-order valence-electron chi connectivity index (χ1n) is 13.2. The lowest BCUT2D eigenvalue weighted by atomic mass is 9.96. The second-order valence-electron chi connectivity index (χ2n) is 9.79. The smallest absolute Gasteiger partial charge is 0.326 e. The summed E-state index contributed by atoms with van der Waals surface area (Å²) >= 11 is 1.45. The van der Waals surface area contributed by atoms with Crippen molar-refractivity contribution in [3.8, 4) is 0 Å². The first kappa shape index (κ1) is 32.6. The number of rotatable bonds is 17. The molecule has 9 N–H and O–H groups in total. The van der Waals surface area contributed by atoms with Crippen molar-refractivity contribution in [1.82, 2.24) is 20.9 Å². The zero-order valence-corrected chi connectivity index (χ0v) is 23.9. The number of carbonyl (C=O) groups excluding carboxylic acids is 4. The summed E-state index contributed by atoms with van der Waals surface area (Å²) in [4.78, 5) is 65.3. The third-order valence-electron chi connectivity index (χ3n) is 6.78. The van der Waals surface area contributed by atoms with Gasteiger partial charge in [-0.1, -0.05) is 38.5 Å². The number of para-hydroxylation sites is 1. The summed E-state index contributed by atoms with van der Waals surface area (Å²) in [5.41, 5.74) is 13.1. The Balaban J connectivity index is 2.13. The van der Waals surface area contributed by atoms with Crippen molar-refractivity contribution in [2.24, 2.45) is 17.4 Å². The molecular weight excluding hydrogens is 536 g/mol. The van der Waals surface area contributed by atoms with Crippen LogP contribution in [0.1, 0.15) is 45.1 Å². The molecule has 12 nitrogen and oxygen atoms in total. The van der Waals surface area contributed by atoms with Gasteiger partial charge in [0.2, 0.25) is 23.6 Å². The van der Waals surface area contributed by atoms with Crippen LogP contribution in [-0.2, 0) is 30.4 Å². The van der Waals surface area contributed by atoms with Gasteiger partial charge in [0, 0.05) is 23.5 Å². The minimum absolute atomic E-state index is 0.181. The highest BCUT2D eigenvalue weighted by Crippen LogP contribution is 2.19. The van der Waals surface area contributed by atoms with Gasteiger partial charge in [-0.25, -0.2) is 4.79 Å². The predicted octanol–water partition coefficient (Wildman–Crippen LogP) is 0.641. The van der Waals surface area contributed by atoms with Gasteiger partial charge < -0.3 is 37.5 Å². The maximum atomic E-state index is 13.4. The number of hydrogen-bond donors (Lipinski definition) is 7. The van der Waals surface area contributed by atoms with Gasteiger partial charge in [0.05, 0.1) is 6.04 Å². The summed E-state index contributed by atoms with van der Waals surface area (Å²) in [6.07, 6.45) is 4.28. The fourth-order valence-electron chi connectivity index (χ4n) is 4.17. The molecule has 220 valence electrons. The summed E-state index contributed by atoms with van der Waals surface area (Å²) in [6.45, 7) is 3.67. The number of thioether (sulfide) groups is 1. The lowest BCUT2D eigenvalue weighted by molar-refractivity contribution is -0.142. The van der Waals surface area contributed by atoms with Gasteiger partial charge in [0.1, 0.15) is 18.1 Å². The molecule has 5 atom stereocenters. The van der Waals surface area contributed by atoms with E-state index in [2.05, 4.69) is 20.9 Å². The molecule has 0 aliphatic rings. The number of H-pyrrole nitrogens is 1. The first-order chi connectivity index (χ1) is 19.0. The van der Waals surface area contributed by atoms with Crippen LogP contribution in [0.3, 0.4) is 0 Å². The van der Waals surface area contributed by atoms with E-state index in [0.717, 1.165) is 16.5 Å². The number of aromatic amines is 1. The minimum atomic E-state index is -1.35. The van der Waals surface area contributed by atoms with E-state index in [9.17, 15) is 29.1 Å². The maximum absolute atomic E-state index is 13.4. The highest BCUT2D eigenvalue weighted by atomic mass is 32.2. The van der Waals surface area contributed by atoms with Crippen molar-refractivity contribution in [2.45, 2.75) is 70.1 Å². The van der Waals surface area contributed by atoms with E-state index >= 15 is 0 Å². The average molecular weight is 577 g/mol. The highest BCUT2D eigenvalue weighted by Gasteiger charge is 2.32. The van der Waals surface area contributed by atoms with Crippen molar-refractivity contribution in [1.29, 1.82) is 0 Å². The van der Waals surface area contributed by atoms with Crippen molar-refractivity contribution in [2.75, 3.05) is 12.0 Å². The van der Waals surface area contributed by atoms with Crippen molar-refractivity contribution < 1.29 is 29.1 Å². The molecule has 40 heavy (non-hydrogen) atoms. The number of aromatic nitrogens is 1. The molecule has 0 aliphatic heterocycles. The molecule has 1 heterocycles. The molecule has 5 unspecified atom stereocenters. The lowest BCUT2D eigenvalue weighted by Gasteiger charge is -2.28. The summed E-state index contributed by atoms with van der Waals surface area (Å²) < 4.78 is 0. The standard InChI is InChI=1S/C27H40N6O6S/c1-4-15(2)23(33-24(35)18(28)13-16-14-30-19-8-6-5-7-17(16)19)26(37)31-20(11-12-40-3)25(36)32-21(27(38)39)9-10-22(29)34/h5-8,14-15,18,20-21,23,30H,4,9-13,28H2,1-3H3,(H2,29,34)(H,31,37)(H,32,36)(H,33,35)(H,38,39). The van der Waals surface area contributed by atoms with Gasteiger partial charge in [-0.3, -0.25) is 19.2 Å². The van der Waals surface area contributed by atoms with Crippen LogP contribution in [0.4, 0.5) is 0 Å². The minimum Gasteiger partial charge on any atom is -0.480 e. The molecule has 0 spiro atoms. The van der Waals surface area contributed by atoms with Crippen LogP contribution in [-0.4, -0.2) is 75.9 Å². The number of benzene rings is 1. The number of hydrogen-bond acceptors (Lipinski definition) is 7. The summed E-state index contributed by atoms with van der Waals surface area (Å²) in [7, 11) is 0. The molecule has 1 aromatic heterocycles. The number of carbonyl (C=O) groups is 5. The second kappa shape index (κ2) is 15.9. The normalized spacial score (nSPS) is 14.9. The SMILES string of the molecule is CCC(C)C(NC(=O)C(N)Cc1c[nH]c2ccccc12)C(=O)NC(CCSC)C(=O)NC(CCC(N)=O)C(=O)O. The molecule has 0 bridgehead atoms. The Labute approximate surface area is 237 Å². The molecule has 0 saturated carbocycles. The molecule has 2 rings (SSSR count). The van der Waals surface area contributed by atoms with Crippen LogP contribution in [0.5, 0.6) is 0 Å². The topological polar surface area (TPSA) is 209 Å². The Hall–Kier alpha value is -3.58. The number of aliphatic carboxylic acids is 1. The third-order valence-corrected chi connectivity index (χ3v) is 7.43. The Morgan fingerprint density at radius 1 is 1.00 bits per heavy atom. The quantitative estimate of drug-likeness (QED) is 0.142. The number of amides is 4. The van der Waals surface area contributed by atoms with Crippen molar-refractivity contribution in [3.05, 3.63) is 36.0 Å². The van der Waals surface area contributed by atoms with E-state index < -0.39 is 53.8 Å². The van der Waals surface area contributed by atoms with Crippen LogP contribution in [0.15, 0.2) is 30.5 Å². The molecule has 2 aromatic rings. The van der Waals surface area contributed by atoms with Crippen LogP contribution in [0, 0.1) is 5.92 Å². The number of nitrogens with two attached hydrogens (primary N) is 2. The number of primary amides is 1. The number of nitrogens with one attached hydrogen (secondary N) is 4. The predicted molar refractivity (Wildman–Crippen MR) is 154 cm³/mol. The zero-order valence-electron chi connectivity index (χ0n) is 23.1. The van der Waals surface area contributed by atoms with Crippen molar-refractivity contribution >= 4 is 52.3 Å². The van der Waals surface area contributed by atoms with E-state index in [4.69, 9.17) is 11.5 Å². The molecule has 13 heteroatoms. The van der Waals surface area contributed by atoms with E-state index in [-0.39, 0.29) is 31.6 Å². The second-order valence-corrected chi connectivity index (χ2v) is 10.8. The number of carboxylic acid groups (broad SMARTS) is 1. The summed E-state index contributed by atoms with van der Waals surface area (Å²) in [5.74, 6) is -3.57. The van der Waals surface area contributed by atoms with Crippen molar-refractivity contribution in [3.63, 3.8) is 0 Å². The molecule has 0 radical (unpaired) electrons. The summed E-state index contributed by atoms with van der Waals surface area (Å²) in [5, 5.41) is 18.2. The third kappa shape index (κ3) is 9.56. The van der Waals surface area contributed by atoms with E-state index in [0.29, 0.717) is 12.2 Å². The molecule has 4 amide bonds. The zero-order chi connectivity index (χ0) is 29.8. The van der Waals surface area contributed by atoms with Gasteiger partial charge in [-0.2, -0.15) is 11.8 Å². The Kier molecular flexibility index (Phi) is 12.9. The number of carboxylic acids is 1. The summed E-state index contributed by atoms with van der Waals surface area (Å²) in [6, 6.07) is 3.36. The highest BCUT2D eigenvalue weighted by molar-refractivity contribution is 7.98. The lowest BCUT2D eigenvalue weighted by Crippen LogP contribution is -2.59. The average Bonchev–Trinajstić information content (AvgIpc) is 3.33.